The third-order valence-corrected chi connectivity index (χ3v) is 2.87. The first-order chi connectivity index (χ1) is 8.47. The van der Waals surface area contributed by atoms with E-state index >= 15 is 0 Å². The highest BCUT2D eigenvalue weighted by Crippen LogP contribution is 2.26. The van der Waals surface area contributed by atoms with Gasteiger partial charge in [-0.05, 0) is 12.8 Å². The molecule has 100 valence electrons. The van der Waals surface area contributed by atoms with E-state index in [1.165, 1.54) is 19.2 Å². The number of nitrogens with one attached hydrogen (secondary N) is 1. The van der Waals surface area contributed by atoms with Crippen molar-refractivity contribution in [3.8, 4) is 5.75 Å². The molecule has 0 fully saturated rings. The zero-order valence-corrected chi connectivity index (χ0v) is 10.7. The molecule has 2 atom stereocenters. The van der Waals surface area contributed by atoms with Gasteiger partial charge >= 0.3 is 0 Å². The van der Waals surface area contributed by atoms with Crippen LogP contribution in [-0.2, 0) is 0 Å². The molecule has 6 nitrogen and oxygen atoms in total. The molecule has 0 aliphatic carbocycles. The average Bonchev–Trinajstić information content (AvgIpc) is 2.36. The molecule has 1 aromatic carbocycles. The predicted octanol–water partition coefficient (Wildman–Crippen LogP) is 2.03. The van der Waals surface area contributed by atoms with Gasteiger partial charge in [-0.1, -0.05) is 6.92 Å². The van der Waals surface area contributed by atoms with Crippen molar-refractivity contribution in [1.82, 2.24) is 0 Å². The first-order valence-electron chi connectivity index (χ1n) is 5.68. The van der Waals surface area contributed by atoms with Gasteiger partial charge in [-0.15, -0.1) is 0 Å². The number of rotatable bonds is 6. The fourth-order valence-electron chi connectivity index (χ4n) is 1.45. The Bertz CT molecular complexity index is 423. The van der Waals surface area contributed by atoms with Gasteiger partial charge in [0.15, 0.2) is 0 Å². The molecule has 0 aliphatic rings. The molecular formula is C12H18N2O4. The highest BCUT2D eigenvalue weighted by atomic mass is 16.6. The van der Waals surface area contributed by atoms with E-state index in [1.807, 2.05) is 13.8 Å². The van der Waals surface area contributed by atoms with Gasteiger partial charge in [0, 0.05) is 30.5 Å². The van der Waals surface area contributed by atoms with Crippen LogP contribution >= 0.6 is 0 Å². The summed E-state index contributed by atoms with van der Waals surface area (Å²) in [6.45, 7) is 3.86. The number of methoxy groups -OCH3 is 1. The van der Waals surface area contributed by atoms with Crippen molar-refractivity contribution < 1.29 is 14.8 Å². The third-order valence-electron chi connectivity index (χ3n) is 2.87. The molecule has 0 amide bonds. The Morgan fingerprint density at radius 2 is 2.11 bits per heavy atom. The van der Waals surface area contributed by atoms with Gasteiger partial charge in [0.25, 0.3) is 5.69 Å². The van der Waals surface area contributed by atoms with Crippen LogP contribution in [0.5, 0.6) is 5.75 Å². The Hall–Kier alpha value is -1.82. The first kappa shape index (κ1) is 14.2. The second kappa shape index (κ2) is 6.20. The number of hydrogen-bond donors (Lipinski definition) is 2. The zero-order chi connectivity index (χ0) is 13.7. The summed E-state index contributed by atoms with van der Waals surface area (Å²) in [7, 11) is 1.46. The molecule has 0 aliphatic heterocycles. The van der Waals surface area contributed by atoms with E-state index in [0.29, 0.717) is 11.4 Å². The number of benzene rings is 1. The zero-order valence-electron chi connectivity index (χ0n) is 10.7. The summed E-state index contributed by atoms with van der Waals surface area (Å²) in [6.07, 6.45) is 0. The number of anilines is 1. The van der Waals surface area contributed by atoms with Gasteiger partial charge < -0.3 is 15.2 Å². The monoisotopic (exact) mass is 254 g/mol. The average molecular weight is 254 g/mol. The third kappa shape index (κ3) is 3.59. The van der Waals surface area contributed by atoms with Crippen LogP contribution in [0, 0.1) is 16.0 Å². The van der Waals surface area contributed by atoms with Crippen LogP contribution in [0.4, 0.5) is 11.4 Å². The number of nitro benzene ring substituents is 1. The van der Waals surface area contributed by atoms with Crippen molar-refractivity contribution >= 4 is 11.4 Å². The summed E-state index contributed by atoms with van der Waals surface area (Å²) in [5, 5.41) is 23.0. The summed E-state index contributed by atoms with van der Waals surface area (Å²) in [4.78, 5) is 10.3. The summed E-state index contributed by atoms with van der Waals surface area (Å²) in [6, 6.07) is 4.50. The van der Waals surface area contributed by atoms with Crippen molar-refractivity contribution in [3.05, 3.63) is 28.3 Å². The van der Waals surface area contributed by atoms with Crippen molar-refractivity contribution in [2.24, 2.45) is 5.92 Å². The van der Waals surface area contributed by atoms with Gasteiger partial charge in [0.05, 0.1) is 18.1 Å². The molecule has 6 heteroatoms. The highest BCUT2D eigenvalue weighted by Gasteiger charge is 2.14. The fraction of sp³-hybridized carbons (Fsp3) is 0.500. The number of aliphatic hydroxyl groups excluding tert-OH is 1. The SMILES string of the molecule is COc1cc(NC(C)C(C)CO)cc([N+](=O)[O-])c1. The van der Waals surface area contributed by atoms with Gasteiger partial charge in [-0.25, -0.2) is 0 Å². The molecule has 0 spiro atoms. The maximum Gasteiger partial charge on any atom is 0.275 e. The molecule has 0 saturated heterocycles. The van der Waals surface area contributed by atoms with Crippen molar-refractivity contribution in [3.63, 3.8) is 0 Å². The van der Waals surface area contributed by atoms with Gasteiger partial charge in [0.2, 0.25) is 0 Å². The molecule has 0 saturated carbocycles. The van der Waals surface area contributed by atoms with E-state index in [0.717, 1.165) is 0 Å². The minimum atomic E-state index is -0.464. The van der Waals surface area contributed by atoms with Crippen LogP contribution in [0.15, 0.2) is 18.2 Å². The number of ether oxygens (including phenoxy) is 1. The molecule has 0 heterocycles. The van der Waals surface area contributed by atoms with Gasteiger partial charge in [0.1, 0.15) is 5.75 Å². The van der Waals surface area contributed by atoms with Crippen molar-refractivity contribution in [1.29, 1.82) is 0 Å². The molecular weight excluding hydrogens is 236 g/mol. The summed E-state index contributed by atoms with van der Waals surface area (Å²) in [5.74, 6) is 0.478. The Balaban J connectivity index is 2.94. The molecule has 0 radical (unpaired) electrons. The maximum absolute atomic E-state index is 10.8. The molecule has 1 aromatic rings. The Morgan fingerprint density at radius 1 is 1.44 bits per heavy atom. The minimum absolute atomic E-state index is 0.00158. The standard InChI is InChI=1S/C12H18N2O4/c1-8(7-15)9(2)13-10-4-11(14(16)17)6-12(5-10)18-3/h4-6,8-9,13,15H,7H2,1-3H3. The normalized spacial score (nSPS) is 13.8. The lowest BCUT2D eigenvalue weighted by Gasteiger charge is -2.20. The van der Waals surface area contributed by atoms with Crippen LogP contribution in [0.1, 0.15) is 13.8 Å². The van der Waals surface area contributed by atoms with Crippen LogP contribution in [0.25, 0.3) is 0 Å². The Morgan fingerprint density at radius 3 is 2.61 bits per heavy atom. The van der Waals surface area contributed by atoms with Crippen LogP contribution in [-0.4, -0.2) is 29.8 Å². The number of hydrogen-bond acceptors (Lipinski definition) is 5. The number of aliphatic hydroxyl groups is 1. The van der Waals surface area contributed by atoms with E-state index < -0.39 is 4.92 Å². The molecule has 0 bridgehead atoms. The lowest BCUT2D eigenvalue weighted by molar-refractivity contribution is -0.384. The molecule has 18 heavy (non-hydrogen) atoms. The fourth-order valence-corrected chi connectivity index (χ4v) is 1.45. The smallest absolute Gasteiger partial charge is 0.275 e. The number of nitro groups is 1. The van der Waals surface area contributed by atoms with Gasteiger partial charge in [-0.2, -0.15) is 0 Å². The summed E-state index contributed by atoms with van der Waals surface area (Å²) >= 11 is 0. The second-order valence-corrected chi connectivity index (χ2v) is 4.27. The van der Waals surface area contributed by atoms with E-state index in [-0.39, 0.29) is 24.3 Å². The quantitative estimate of drug-likeness (QED) is 0.599. The molecule has 2 unspecified atom stereocenters. The predicted molar refractivity (Wildman–Crippen MR) is 69.0 cm³/mol. The lowest BCUT2D eigenvalue weighted by Crippen LogP contribution is -2.26. The molecule has 1 rings (SSSR count). The van der Waals surface area contributed by atoms with Crippen molar-refractivity contribution in [2.45, 2.75) is 19.9 Å². The van der Waals surface area contributed by atoms with Crippen LogP contribution < -0.4 is 10.1 Å². The molecule has 0 aromatic heterocycles. The highest BCUT2D eigenvalue weighted by molar-refractivity contribution is 5.56. The lowest BCUT2D eigenvalue weighted by atomic mass is 10.0. The Labute approximate surface area is 106 Å². The maximum atomic E-state index is 10.8. The van der Waals surface area contributed by atoms with Crippen LogP contribution in [0.2, 0.25) is 0 Å². The van der Waals surface area contributed by atoms with E-state index in [1.54, 1.807) is 6.07 Å². The van der Waals surface area contributed by atoms with Crippen molar-refractivity contribution in [2.75, 3.05) is 19.0 Å². The topological polar surface area (TPSA) is 84.6 Å². The number of nitrogens with zero attached hydrogens (tertiary/aromatic N) is 1. The summed E-state index contributed by atoms with van der Waals surface area (Å²) in [5.41, 5.74) is 0.578. The first-order valence-corrected chi connectivity index (χ1v) is 5.68. The van der Waals surface area contributed by atoms with Gasteiger partial charge in [-0.3, -0.25) is 10.1 Å². The molecule has 2 N–H and O–H groups in total. The van der Waals surface area contributed by atoms with E-state index in [2.05, 4.69) is 5.32 Å². The summed E-state index contributed by atoms with van der Waals surface area (Å²) < 4.78 is 5.02. The van der Waals surface area contributed by atoms with E-state index in [9.17, 15) is 10.1 Å². The Kier molecular flexibility index (Phi) is 4.91. The van der Waals surface area contributed by atoms with E-state index in [4.69, 9.17) is 9.84 Å². The van der Waals surface area contributed by atoms with Crippen LogP contribution in [0.3, 0.4) is 0 Å². The largest absolute Gasteiger partial charge is 0.496 e. The minimum Gasteiger partial charge on any atom is -0.496 e. The number of non-ortho nitro benzene ring substituents is 1. The second-order valence-electron chi connectivity index (χ2n) is 4.27.